The highest BCUT2D eigenvalue weighted by Gasteiger charge is 2.58. The molecule has 0 bridgehead atoms. The monoisotopic (exact) mass is 205 g/mol. The maximum absolute atomic E-state index is 12.4. The van der Waals surface area contributed by atoms with Gasteiger partial charge in [-0.3, -0.25) is 0 Å². The van der Waals surface area contributed by atoms with Gasteiger partial charge in [0.15, 0.2) is 0 Å². The van der Waals surface area contributed by atoms with Crippen LogP contribution in [0.25, 0.3) is 0 Å². The van der Waals surface area contributed by atoms with Gasteiger partial charge in [-0.25, -0.2) is 0 Å². The van der Waals surface area contributed by atoms with Crippen LogP contribution in [-0.4, -0.2) is 24.7 Å². The zero-order valence-corrected chi connectivity index (χ0v) is 7.60. The molecule has 80 valence electrons. The molecule has 0 spiro atoms. The van der Waals surface area contributed by atoms with E-state index in [9.17, 15) is 22.0 Å². The lowest BCUT2D eigenvalue weighted by Gasteiger charge is -2.30. The molecule has 1 nitrogen and oxygen atoms in total. The Morgan fingerprint density at radius 1 is 1.00 bits per heavy atom. The highest BCUT2D eigenvalue weighted by molar-refractivity contribution is 4.87. The topological polar surface area (TPSA) is 12.0 Å². The van der Waals surface area contributed by atoms with Crippen molar-refractivity contribution in [3.63, 3.8) is 0 Å². The van der Waals surface area contributed by atoms with E-state index in [1.807, 2.05) is 0 Å². The minimum absolute atomic E-state index is 1.24. The summed E-state index contributed by atoms with van der Waals surface area (Å²) in [5.74, 6) is -4.64. The first-order chi connectivity index (χ1) is 5.52. The van der Waals surface area contributed by atoms with Gasteiger partial charge in [0.05, 0.1) is 0 Å². The fraction of sp³-hybridized carbons (Fsp3) is 1.00. The van der Waals surface area contributed by atoms with Gasteiger partial charge in [-0.05, 0) is 20.9 Å². The molecular formula is C7H12F5N. The fourth-order valence-electron chi connectivity index (χ4n) is 0.744. The molecule has 0 fully saturated rings. The minimum atomic E-state index is -5.47. The zero-order chi connectivity index (χ0) is 10.9. The van der Waals surface area contributed by atoms with E-state index < -0.39 is 24.1 Å². The number of alkyl halides is 5. The summed E-state index contributed by atoms with van der Waals surface area (Å²) in [5.41, 5.74) is -1.24. The van der Waals surface area contributed by atoms with Crippen molar-refractivity contribution in [2.75, 3.05) is 7.05 Å². The van der Waals surface area contributed by atoms with Crippen molar-refractivity contribution in [1.29, 1.82) is 0 Å². The fourth-order valence-corrected chi connectivity index (χ4v) is 0.744. The van der Waals surface area contributed by atoms with Crippen LogP contribution >= 0.6 is 0 Å². The van der Waals surface area contributed by atoms with Crippen molar-refractivity contribution in [3.8, 4) is 0 Å². The van der Waals surface area contributed by atoms with E-state index in [0.717, 1.165) is 0 Å². The van der Waals surface area contributed by atoms with Gasteiger partial charge >= 0.3 is 12.1 Å². The molecule has 0 unspecified atom stereocenters. The van der Waals surface area contributed by atoms with E-state index in [1.165, 1.54) is 20.9 Å². The Labute approximate surface area is 73.3 Å². The average Bonchev–Trinajstić information content (AvgIpc) is 1.83. The lowest BCUT2D eigenvalue weighted by molar-refractivity contribution is -0.288. The van der Waals surface area contributed by atoms with Crippen molar-refractivity contribution >= 4 is 0 Å². The molecule has 0 aromatic heterocycles. The smallest absolute Gasteiger partial charge is 0.315 e. The summed E-state index contributed by atoms with van der Waals surface area (Å²) in [5, 5.41) is 2.39. The molecule has 0 rings (SSSR count). The van der Waals surface area contributed by atoms with Gasteiger partial charge in [0.25, 0.3) is 0 Å². The summed E-state index contributed by atoms with van der Waals surface area (Å²) in [6.45, 7) is 2.57. The standard InChI is InChI=1S/C7H12F5N/c1-5(2,13-3)4-6(8,9)7(10,11)12/h13H,4H2,1-3H3. The van der Waals surface area contributed by atoms with Crippen molar-refractivity contribution in [3.05, 3.63) is 0 Å². The van der Waals surface area contributed by atoms with Crippen molar-refractivity contribution in [2.45, 2.75) is 37.9 Å². The molecule has 0 heterocycles. The van der Waals surface area contributed by atoms with E-state index in [1.54, 1.807) is 0 Å². The third kappa shape index (κ3) is 3.46. The van der Waals surface area contributed by atoms with E-state index >= 15 is 0 Å². The third-order valence-corrected chi connectivity index (χ3v) is 1.76. The molecular weight excluding hydrogens is 193 g/mol. The molecule has 0 atom stereocenters. The van der Waals surface area contributed by atoms with Gasteiger partial charge in [-0.1, -0.05) is 0 Å². The van der Waals surface area contributed by atoms with Gasteiger partial charge in [-0.2, -0.15) is 22.0 Å². The van der Waals surface area contributed by atoms with Crippen LogP contribution in [0.5, 0.6) is 0 Å². The van der Waals surface area contributed by atoms with Gasteiger partial charge in [0, 0.05) is 12.0 Å². The predicted octanol–water partition coefficient (Wildman–Crippen LogP) is 2.57. The molecule has 0 amide bonds. The van der Waals surface area contributed by atoms with Crippen LogP contribution in [0.4, 0.5) is 22.0 Å². The van der Waals surface area contributed by atoms with Gasteiger partial charge in [-0.15, -0.1) is 0 Å². The predicted molar refractivity (Wildman–Crippen MR) is 38.8 cm³/mol. The van der Waals surface area contributed by atoms with Crippen LogP contribution in [0, 0.1) is 0 Å². The summed E-state index contributed by atoms with van der Waals surface area (Å²) in [6.07, 6.45) is -6.74. The van der Waals surface area contributed by atoms with Gasteiger partial charge < -0.3 is 5.32 Å². The summed E-state index contributed by atoms with van der Waals surface area (Å²) < 4.78 is 60.1. The van der Waals surface area contributed by atoms with Crippen LogP contribution in [-0.2, 0) is 0 Å². The van der Waals surface area contributed by atoms with E-state index in [0.29, 0.717) is 0 Å². The molecule has 0 aliphatic heterocycles. The molecule has 1 N–H and O–H groups in total. The van der Waals surface area contributed by atoms with Crippen molar-refractivity contribution in [1.82, 2.24) is 5.32 Å². The van der Waals surface area contributed by atoms with Crippen LogP contribution in [0.2, 0.25) is 0 Å². The largest absolute Gasteiger partial charge is 0.453 e. The number of hydrogen-bond acceptors (Lipinski definition) is 1. The first-order valence-corrected chi connectivity index (χ1v) is 3.65. The Hall–Kier alpha value is -0.390. The first-order valence-electron chi connectivity index (χ1n) is 3.65. The van der Waals surface area contributed by atoms with Crippen LogP contribution in [0.15, 0.2) is 0 Å². The van der Waals surface area contributed by atoms with E-state index in [-0.39, 0.29) is 0 Å². The summed E-state index contributed by atoms with van der Waals surface area (Å²) in [4.78, 5) is 0. The Morgan fingerprint density at radius 3 is 1.62 bits per heavy atom. The summed E-state index contributed by atoms with van der Waals surface area (Å²) in [7, 11) is 1.34. The number of hydrogen-bond donors (Lipinski definition) is 1. The Bertz CT molecular complexity index is 172. The number of halogens is 5. The Morgan fingerprint density at radius 2 is 1.38 bits per heavy atom. The Balaban J connectivity index is 4.52. The number of nitrogens with one attached hydrogen (secondary N) is 1. The normalized spacial score (nSPS) is 14.8. The second kappa shape index (κ2) is 3.40. The molecule has 0 aromatic rings. The molecule has 0 saturated heterocycles. The average molecular weight is 205 g/mol. The number of rotatable bonds is 3. The second-order valence-corrected chi connectivity index (χ2v) is 3.51. The molecule has 0 aliphatic rings. The molecule has 0 radical (unpaired) electrons. The lowest BCUT2D eigenvalue weighted by Crippen LogP contribution is -2.48. The SMILES string of the molecule is CNC(C)(C)CC(F)(F)C(F)(F)F. The van der Waals surface area contributed by atoms with E-state index in [2.05, 4.69) is 5.32 Å². The van der Waals surface area contributed by atoms with Crippen LogP contribution in [0.1, 0.15) is 20.3 Å². The van der Waals surface area contributed by atoms with Gasteiger partial charge in [0.2, 0.25) is 0 Å². The van der Waals surface area contributed by atoms with Gasteiger partial charge in [0.1, 0.15) is 0 Å². The molecule has 0 aromatic carbocycles. The molecule has 0 saturated carbocycles. The Kier molecular flexibility index (Phi) is 3.30. The lowest BCUT2D eigenvalue weighted by atomic mass is 9.96. The minimum Gasteiger partial charge on any atom is -0.315 e. The molecule has 13 heavy (non-hydrogen) atoms. The highest BCUT2D eigenvalue weighted by Crippen LogP contribution is 2.40. The third-order valence-electron chi connectivity index (χ3n) is 1.76. The first kappa shape index (κ1) is 12.6. The quantitative estimate of drug-likeness (QED) is 0.698. The maximum atomic E-state index is 12.4. The second-order valence-electron chi connectivity index (χ2n) is 3.51. The summed E-state index contributed by atoms with van der Waals surface area (Å²) in [6, 6.07) is 0. The van der Waals surface area contributed by atoms with E-state index in [4.69, 9.17) is 0 Å². The van der Waals surface area contributed by atoms with Crippen LogP contribution < -0.4 is 5.32 Å². The van der Waals surface area contributed by atoms with Crippen molar-refractivity contribution in [2.24, 2.45) is 0 Å². The molecule has 0 aliphatic carbocycles. The van der Waals surface area contributed by atoms with Crippen LogP contribution in [0.3, 0.4) is 0 Å². The summed E-state index contributed by atoms with van der Waals surface area (Å²) >= 11 is 0. The molecule has 6 heteroatoms. The zero-order valence-electron chi connectivity index (χ0n) is 7.60. The highest BCUT2D eigenvalue weighted by atomic mass is 19.4. The van der Waals surface area contributed by atoms with Crippen molar-refractivity contribution < 1.29 is 22.0 Å². The maximum Gasteiger partial charge on any atom is 0.453 e.